The van der Waals surface area contributed by atoms with Crippen LogP contribution < -0.4 is 0 Å². The summed E-state index contributed by atoms with van der Waals surface area (Å²) in [4.78, 5) is 12.1. The smallest absolute Gasteiger partial charge is 0.185 e. The standard InChI is InChI=1S/C12H6Br2Cl2O3S2/c13-11-4-7(12(14)20-11)10(17)5-21(18,19)6-1-2-8(15)9(16)3-6/h1-4H,5H2. The lowest BCUT2D eigenvalue weighted by Gasteiger charge is -2.05. The van der Waals surface area contributed by atoms with Crippen molar-refractivity contribution in [3.8, 4) is 0 Å². The van der Waals surface area contributed by atoms with Crippen LogP contribution in [0.2, 0.25) is 10.0 Å². The maximum Gasteiger partial charge on any atom is 0.185 e. The largest absolute Gasteiger partial charge is 0.293 e. The van der Waals surface area contributed by atoms with Crippen LogP contribution in [0.5, 0.6) is 0 Å². The number of benzene rings is 1. The Balaban J connectivity index is 2.31. The van der Waals surface area contributed by atoms with Crippen molar-refractivity contribution in [1.29, 1.82) is 0 Å². The van der Waals surface area contributed by atoms with Gasteiger partial charge >= 0.3 is 0 Å². The van der Waals surface area contributed by atoms with E-state index in [9.17, 15) is 13.2 Å². The molecule has 9 heteroatoms. The molecule has 0 radical (unpaired) electrons. The predicted molar refractivity (Wildman–Crippen MR) is 92.6 cm³/mol. The van der Waals surface area contributed by atoms with Gasteiger partial charge < -0.3 is 0 Å². The van der Waals surface area contributed by atoms with Crippen molar-refractivity contribution >= 4 is 82.0 Å². The highest BCUT2D eigenvalue weighted by Gasteiger charge is 2.23. The van der Waals surface area contributed by atoms with E-state index in [0.29, 0.717) is 9.35 Å². The molecule has 0 amide bonds. The van der Waals surface area contributed by atoms with Crippen LogP contribution in [0.4, 0.5) is 0 Å². The molecule has 0 N–H and O–H groups in total. The number of carbonyl (C=O) groups excluding carboxylic acids is 1. The molecule has 2 aromatic rings. The van der Waals surface area contributed by atoms with Gasteiger partial charge in [0.2, 0.25) is 0 Å². The molecule has 1 aromatic carbocycles. The van der Waals surface area contributed by atoms with E-state index in [1.165, 1.54) is 29.5 Å². The molecule has 0 aliphatic heterocycles. The van der Waals surface area contributed by atoms with Crippen LogP contribution in [0.3, 0.4) is 0 Å². The molecule has 0 spiro atoms. The first-order chi connectivity index (χ1) is 9.70. The molecule has 0 bridgehead atoms. The van der Waals surface area contributed by atoms with E-state index in [2.05, 4.69) is 31.9 Å². The van der Waals surface area contributed by atoms with Crippen LogP contribution in [0.1, 0.15) is 10.4 Å². The summed E-state index contributed by atoms with van der Waals surface area (Å²) in [6.45, 7) is 0. The zero-order valence-corrected chi connectivity index (χ0v) is 16.4. The lowest BCUT2D eigenvalue weighted by Crippen LogP contribution is -2.16. The van der Waals surface area contributed by atoms with Gasteiger partial charge in [0.15, 0.2) is 15.6 Å². The van der Waals surface area contributed by atoms with Crippen molar-refractivity contribution in [3.63, 3.8) is 0 Å². The van der Waals surface area contributed by atoms with E-state index in [4.69, 9.17) is 23.2 Å². The summed E-state index contributed by atoms with van der Waals surface area (Å²) in [5, 5.41) is 0.385. The number of halogens is 4. The molecule has 0 saturated heterocycles. The molecule has 0 unspecified atom stereocenters. The fraction of sp³-hybridized carbons (Fsp3) is 0.0833. The zero-order chi connectivity index (χ0) is 15.8. The second-order valence-electron chi connectivity index (χ2n) is 4.00. The molecule has 112 valence electrons. The van der Waals surface area contributed by atoms with E-state index < -0.39 is 21.4 Å². The Labute approximate surface area is 152 Å². The Kier molecular flexibility index (Phi) is 5.55. The normalized spacial score (nSPS) is 11.6. The Morgan fingerprint density at radius 1 is 1.14 bits per heavy atom. The number of hydrogen-bond acceptors (Lipinski definition) is 4. The van der Waals surface area contributed by atoms with Crippen molar-refractivity contribution in [2.24, 2.45) is 0 Å². The molecule has 0 saturated carbocycles. The molecule has 0 aliphatic carbocycles. The van der Waals surface area contributed by atoms with Gasteiger partial charge in [0.05, 0.1) is 22.5 Å². The minimum atomic E-state index is -3.78. The van der Waals surface area contributed by atoms with Crippen LogP contribution in [0.15, 0.2) is 36.7 Å². The van der Waals surface area contributed by atoms with Gasteiger partial charge in [-0.2, -0.15) is 0 Å². The van der Waals surface area contributed by atoms with Crippen molar-refractivity contribution in [2.75, 3.05) is 5.75 Å². The number of thiophene rings is 1. The fourth-order valence-electron chi connectivity index (χ4n) is 1.53. The van der Waals surface area contributed by atoms with Gasteiger partial charge in [-0.15, -0.1) is 11.3 Å². The first-order valence-electron chi connectivity index (χ1n) is 5.36. The lowest BCUT2D eigenvalue weighted by atomic mass is 10.2. The summed E-state index contributed by atoms with van der Waals surface area (Å²) in [5.74, 6) is -1.12. The first-order valence-corrected chi connectivity index (χ1v) is 10.2. The van der Waals surface area contributed by atoms with E-state index in [1.807, 2.05) is 0 Å². The number of sulfone groups is 1. The average molecular weight is 493 g/mol. The van der Waals surface area contributed by atoms with Gasteiger partial charge in [0.1, 0.15) is 5.75 Å². The summed E-state index contributed by atoms with van der Waals surface area (Å²) in [6.07, 6.45) is 0. The Bertz CT molecular complexity index is 816. The van der Waals surface area contributed by atoms with Gasteiger partial charge in [0.25, 0.3) is 0 Å². The topological polar surface area (TPSA) is 51.2 Å². The highest BCUT2D eigenvalue weighted by atomic mass is 79.9. The Hall–Kier alpha value is 0.0800. The molecule has 2 rings (SSSR count). The van der Waals surface area contributed by atoms with Crippen molar-refractivity contribution < 1.29 is 13.2 Å². The van der Waals surface area contributed by atoms with Crippen molar-refractivity contribution in [1.82, 2.24) is 0 Å². The number of carbonyl (C=O) groups is 1. The molecule has 1 heterocycles. The summed E-state index contributed by atoms with van der Waals surface area (Å²) in [5.41, 5.74) is 0.329. The van der Waals surface area contributed by atoms with E-state index in [1.54, 1.807) is 6.07 Å². The maximum atomic E-state index is 12.3. The molecule has 0 aliphatic rings. The number of ketones is 1. The predicted octanol–water partition coefficient (Wildman–Crippen LogP) is 5.24. The SMILES string of the molecule is O=C(CS(=O)(=O)c1ccc(Cl)c(Cl)c1)c1cc(Br)sc1Br. The number of Topliss-reactive ketones (excluding diaryl/α,β-unsaturated/α-hetero) is 1. The van der Waals surface area contributed by atoms with Crippen LogP contribution >= 0.6 is 66.4 Å². The maximum absolute atomic E-state index is 12.3. The molecule has 0 fully saturated rings. The third-order valence-corrected chi connectivity index (χ3v) is 7.22. The highest BCUT2D eigenvalue weighted by Crippen LogP contribution is 2.33. The molecular formula is C12H6Br2Cl2O3S2. The van der Waals surface area contributed by atoms with E-state index in [0.717, 1.165) is 3.79 Å². The molecule has 3 nitrogen and oxygen atoms in total. The van der Waals surface area contributed by atoms with Crippen LogP contribution in [0.25, 0.3) is 0 Å². The van der Waals surface area contributed by atoms with Crippen molar-refractivity contribution in [2.45, 2.75) is 4.90 Å². The Morgan fingerprint density at radius 2 is 1.81 bits per heavy atom. The lowest BCUT2D eigenvalue weighted by molar-refractivity contribution is 0.102. The highest BCUT2D eigenvalue weighted by molar-refractivity contribution is 9.12. The second kappa shape index (κ2) is 6.68. The third kappa shape index (κ3) is 4.09. The van der Waals surface area contributed by atoms with Gasteiger partial charge in [-0.3, -0.25) is 4.79 Å². The molecular weight excluding hydrogens is 487 g/mol. The van der Waals surface area contributed by atoms with Crippen LogP contribution in [-0.4, -0.2) is 20.0 Å². The monoisotopic (exact) mass is 490 g/mol. The Morgan fingerprint density at radius 3 is 2.33 bits per heavy atom. The first kappa shape index (κ1) is 17.4. The summed E-state index contributed by atoms with van der Waals surface area (Å²) in [6, 6.07) is 5.54. The van der Waals surface area contributed by atoms with Crippen LogP contribution in [0, 0.1) is 0 Å². The number of rotatable bonds is 4. The van der Waals surface area contributed by atoms with Gasteiger partial charge in [-0.25, -0.2) is 8.42 Å². The minimum Gasteiger partial charge on any atom is -0.293 e. The van der Waals surface area contributed by atoms with Gasteiger partial charge in [-0.1, -0.05) is 23.2 Å². The van der Waals surface area contributed by atoms with E-state index in [-0.39, 0.29) is 14.9 Å². The van der Waals surface area contributed by atoms with E-state index >= 15 is 0 Å². The van der Waals surface area contributed by atoms with Gasteiger partial charge in [0, 0.05) is 5.56 Å². The third-order valence-electron chi connectivity index (χ3n) is 2.53. The van der Waals surface area contributed by atoms with Gasteiger partial charge in [-0.05, 0) is 56.1 Å². The fourth-order valence-corrected chi connectivity index (χ4v) is 5.99. The molecule has 0 atom stereocenters. The summed E-state index contributed by atoms with van der Waals surface area (Å²) < 4.78 is 25.8. The molecule has 21 heavy (non-hydrogen) atoms. The summed E-state index contributed by atoms with van der Waals surface area (Å²) in [7, 11) is -3.78. The zero-order valence-electron chi connectivity index (χ0n) is 10.1. The second-order valence-corrected chi connectivity index (χ2v) is 10.5. The minimum absolute atomic E-state index is 0.0318. The summed E-state index contributed by atoms with van der Waals surface area (Å²) >= 11 is 19.3. The quantitative estimate of drug-likeness (QED) is 0.549. The van der Waals surface area contributed by atoms with Crippen molar-refractivity contribution in [3.05, 3.63) is 47.4 Å². The number of hydrogen-bond donors (Lipinski definition) is 0. The molecule has 1 aromatic heterocycles. The average Bonchev–Trinajstić information content (AvgIpc) is 2.71. The van der Waals surface area contributed by atoms with Crippen LogP contribution in [-0.2, 0) is 9.84 Å².